The molecular formula is C28H30N4O4. The first-order chi connectivity index (χ1) is 17.1. The molecule has 8 nitrogen and oxygen atoms in total. The fraction of sp³-hybridized carbons (Fsp3) is 0.214. The summed E-state index contributed by atoms with van der Waals surface area (Å²) in [6, 6.07) is 16.4. The normalized spacial score (nSPS) is 10.7. The summed E-state index contributed by atoms with van der Waals surface area (Å²) in [5, 5.41) is 9.34. The molecule has 0 saturated carbocycles. The molecule has 3 aromatic carbocycles. The third kappa shape index (κ3) is 7.02. The maximum Gasteiger partial charge on any atom is 0.329 e. The van der Waals surface area contributed by atoms with E-state index in [1.807, 2.05) is 65.0 Å². The van der Waals surface area contributed by atoms with Gasteiger partial charge in [-0.15, -0.1) is 0 Å². The number of hydrogen-bond acceptors (Lipinski definition) is 5. The van der Waals surface area contributed by atoms with Crippen LogP contribution in [0.25, 0.3) is 0 Å². The van der Waals surface area contributed by atoms with E-state index in [0.717, 1.165) is 33.5 Å². The molecule has 0 atom stereocenters. The summed E-state index contributed by atoms with van der Waals surface area (Å²) < 4.78 is 5.57. The van der Waals surface area contributed by atoms with Crippen molar-refractivity contribution in [2.45, 2.75) is 34.6 Å². The number of hydrogen-bond donors (Lipinski definition) is 3. The number of rotatable bonds is 7. The van der Waals surface area contributed by atoms with Gasteiger partial charge in [-0.05, 0) is 86.7 Å². The predicted octanol–water partition coefficient (Wildman–Crippen LogP) is 4.34. The molecule has 0 aliphatic rings. The highest BCUT2D eigenvalue weighted by Crippen LogP contribution is 2.22. The lowest BCUT2D eigenvalue weighted by atomic mass is 10.1. The Morgan fingerprint density at radius 2 is 1.36 bits per heavy atom. The van der Waals surface area contributed by atoms with E-state index >= 15 is 0 Å². The van der Waals surface area contributed by atoms with Crippen LogP contribution in [0.4, 0.5) is 11.4 Å². The number of amides is 3. The van der Waals surface area contributed by atoms with Gasteiger partial charge in [0.15, 0.2) is 6.61 Å². The Morgan fingerprint density at radius 1 is 0.778 bits per heavy atom. The van der Waals surface area contributed by atoms with Crippen LogP contribution in [0.1, 0.15) is 33.4 Å². The van der Waals surface area contributed by atoms with Crippen molar-refractivity contribution >= 4 is 35.3 Å². The number of carbonyl (C=O) groups excluding carboxylic acids is 3. The van der Waals surface area contributed by atoms with Crippen LogP contribution < -0.4 is 20.8 Å². The van der Waals surface area contributed by atoms with Crippen LogP contribution in [0.15, 0.2) is 59.7 Å². The molecule has 0 radical (unpaired) electrons. The first-order valence-electron chi connectivity index (χ1n) is 11.4. The van der Waals surface area contributed by atoms with Gasteiger partial charge in [0, 0.05) is 11.4 Å². The second-order valence-electron chi connectivity index (χ2n) is 8.60. The zero-order valence-electron chi connectivity index (χ0n) is 21.1. The Bertz CT molecular complexity index is 1270. The zero-order valence-corrected chi connectivity index (χ0v) is 21.1. The van der Waals surface area contributed by atoms with Gasteiger partial charge in [-0.3, -0.25) is 14.4 Å². The molecule has 36 heavy (non-hydrogen) atoms. The summed E-state index contributed by atoms with van der Waals surface area (Å²) in [5.74, 6) is -1.42. The van der Waals surface area contributed by atoms with E-state index in [0.29, 0.717) is 17.0 Å². The van der Waals surface area contributed by atoms with E-state index in [4.69, 9.17) is 4.74 Å². The van der Waals surface area contributed by atoms with E-state index in [-0.39, 0.29) is 12.5 Å². The average molecular weight is 487 g/mol. The smallest absolute Gasteiger partial charge is 0.329 e. The maximum absolute atomic E-state index is 12.3. The van der Waals surface area contributed by atoms with Gasteiger partial charge < -0.3 is 15.4 Å². The number of nitrogens with one attached hydrogen (secondary N) is 3. The molecule has 3 aromatic rings. The molecule has 3 N–H and O–H groups in total. The molecule has 0 aromatic heterocycles. The summed E-state index contributed by atoms with van der Waals surface area (Å²) in [5.41, 5.74) is 9.15. The van der Waals surface area contributed by atoms with Gasteiger partial charge in [0.1, 0.15) is 5.75 Å². The van der Waals surface area contributed by atoms with Gasteiger partial charge in [0.25, 0.3) is 5.91 Å². The minimum atomic E-state index is -0.876. The first kappa shape index (κ1) is 26.2. The van der Waals surface area contributed by atoms with Crippen LogP contribution in [0.3, 0.4) is 0 Å². The van der Waals surface area contributed by atoms with E-state index in [9.17, 15) is 14.4 Å². The second-order valence-corrected chi connectivity index (χ2v) is 8.60. The van der Waals surface area contributed by atoms with Crippen LogP contribution in [-0.4, -0.2) is 30.5 Å². The molecule has 0 aliphatic heterocycles. The van der Waals surface area contributed by atoms with Crippen molar-refractivity contribution in [3.63, 3.8) is 0 Å². The summed E-state index contributed by atoms with van der Waals surface area (Å²) in [6.07, 6.45) is 1.41. The zero-order chi connectivity index (χ0) is 26.2. The number of para-hydroxylation sites is 1. The van der Waals surface area contributed by atoms with Gasteiger partial charge in [-0.2, -0.15) is 5.10 Å². The lowest BCUT2D eigenvalue weighted by molar-refractivity contribution is -0.136. The third-order valence-electron chi connectivity index (χ3n) is 5.50. The molecule has 0 unspecified atom stereocenters. The van der Waals surface area contributed by atoms with E-state index in [2.05, 4.69) is 21.2 Å². The highest BCUT2D eigenvalue weighted by atomic mass is 16.5. The monoisotopic (exact) mass is 486 g/mol. The van der Waals surface area contributed by atoms with E-state index < -0.39 is 11.8 Å². The van der Waals surface area contributed by atoms with Crippen LogP contribution in [-0.2, 0) is 14.4 Å². The lowest BCUT2D eigenvalue weighted by Gasteiger charge is -2.13. The number of hydrazone groups is 1. The molecule has 0 aliphatic carbocycles. The minimum absolute atomic E-state index is 0.133. The molecule has 3 amide bonds. The van der Waals surface area contributed by atoms with Gasteiger partial charge >= 0.3 is 11.8 Å². The van der Waals surface area contributed by atoms with E-state index in [1.165, 1.54) is 6.21 Å². The molecule has 0 bridgehead atoms. The van der Waals surface area contributed by atoms with Crippen molar-refractivity contribution in [2.24, 2.45) is 5.10 Å². The molecular weight excluding hydrogens is 456 g/mol. The Kier molecular flexibility index (Phi) is 8.57. The SMILES string of the molecule is Cc1cc(C)c(NC(=O)COc2ccc(/C=N\NC(=O)C(=O)Nc3c(C)cccc3C)cc2)c(C)c1. The third-order valence-corrected chi connectivity index (χ3v) is 5.50. The average Bonchev–Trinajstić information content (AvgIpc) is 2.83. The van der Waals surface area contributed by atoms with Crippen molar-refractivity contribution < 1.29 is 19.1 Å². The predicted molar refractivity (Wildman–Crippen MR) is 142 cm³/mol. The number of benzene rings is 3. The number of carbonyl (C=O) groups is 3. The Balaban J connectivity index is 1.48. The van der Waals surface area contributed by atoms with Crippen molar-refractivity contribution in [1.82, 2.24) is 5.43 Å². The van der Waals surface area contributed by atoms with E-state index in [1.54, 1.807) is 24.3 Å². The molecule has 0 fully saturated rings. The summed E-state index contributed by atoms with van der Waals surface area (Å²) in [7, 11) is 0. The number of aryl methyl sites for hydroxylation is 5. The molecule has 3 rings (SSSR count). The molecule has 0 saturated heterocycles. The molecule has 0 spiro atoms. The van der Waals surface area contributed by atoms with Crippen molar-refractivity contribution in [2.75, 3.05) is 17.2 Å². The van der Waals surface area contributed by atoms with Crippen molar-refractivity contribution in [1.29, 1.82) is 0 Å². The van der Waals surface area contributed by atoms with Crippen LogP contribution in [0.5, 0.6) is 5.75 Å². The summed E-state index contributed by atoms with van der Waals surface area (Å²) >= 11 is 0. The molecule has 0 heterocycles. The lowest BCUT2D eigenvalue weighted by Crippen LogP contribution is -2.32. The van der Waals surface area contributed by atoms with Gasteiger partial charge in [-0.1, -0.05) is 35.9 Å². The van der Waals surface area contributed by atoms with Crippen molar-refractivity contribution in [3.8, 4) is 5.75 Å². The Labute approximate surface area is 210 Å². The first-order valence-corrected chi connectivity index (χ1v) is 11.4. The standard InChI is InChI=1S/C28H30N4O4/c1-17-13-20(4)26(21(5)14-17)30-24(33)16-36-23-11-9-22(10-12-23)15-29-32-28(35)27(34)31-25-18(2)7-6-8-19(25)3/h6-15H,16H2,1-5H3,(H,30,33)(H,31,34)(H,32,35)/b29-15-. The van der Waals surface area contributed by atoms with Gasteiger partial charge in [-0.25, -0.2) is 5.43 Å². The molecule has 8 heteroatoms. The number of anilines is 2. The largest absolute Gasteiger partial charge is 0.484 e. The van der Waals surface area contributed by atoms with Gasteiger partial charge in [0.05, 0.1) is 6.21 Å². The molecule has 186 valence electrons. The Hall–Kier alpha value is -4.46. The van der Waals surface area contributed by atoms with Crippen LogP contribution >= 0.6 is 0 Å². The topological polar surface area (TPSA) is 109 Å². The minimum Gasteiger partial charge on any atom is -0.484 e. The van der Waals surface area contributed by atoms with Crippen molar-refractivity contribution in [3.05, 3.63) is 88.0 Å². The number of nitrogens with zero attached hydrogens (tertiary/aromatic N) is 1. The fourth-order valence-electron chi connectivity index (χ4n) is 3.75. The number of ether oxygens (including phenoxy) is 1. The quantitative estimate of drug-likeness (QED) is 0.262. The Morgan fingerprint density at radius 3 is 1.97 bits per heavy atom. The maximum atomic E-state index is 12.3. The van der Waals surface area contributed by atoms with Gasteiger partial charge in [0.2, 0.25) is 0 Å². The summed E-state index contributed by atoms with van der Waals surface area (Å²) in [4.78, 5) is 36.5. The fourth-order valence-corrected chi connectivity index (χ4v) is 3.75. The summed E-state index contributed by atoms with van der Waals surface area (Å²) in [6.45, 7) is 9.50. The highest BCUT2D eigenvalue weighted by molar-refractivity contribution is 6.39. The van der Waals surface area contributed by atoms with Crippen LogP contribution in [0.2, 0.25) is 0 Å². The highest BCUT2D eigenvalue weighted by Gasteiger charge is 2.15. The second kappa shape index (κ2) is 11.8. The van der Waals surface area contributed by atoms with Crippen LogP contribution in [0, 0.1) is 34.6 Å².